The molecule has 33 heavy (non-hydrogen) atoms. The molecule has 8 nitrogen and oxygen atoms in total. The lowest BCUT2D eigenvalue weighted by Gasteiger charge is -2.25. The Kier molecular flexibility index (Phi) is 6.35. The highest BCUT2D eigenvalue weighted by atomic mass is 35.5. The number of ether oxygens (including phenoxy) is 2. The lowest BCUT2D eigenvalue weighted by molar-refractivity contribution is -0.134. The van der Waals surface area contributed by atoms with Gasteiger partial charge in [-0.15, -0.1) is 16.4 Å². The number of hydrogen-bond acceptors (Lipinski definition) is 7. The number of nitrogens with one attached hydrogen (secondary N) is 1. The summed E-state index contributed by atoms with van der Waals surface area (Å²) in [6.07, 6.45) is 1.73. The highest BCUT2D eigenvalue weighted by Crippen LogP contribution is 2.30. The van der Waals surface area contributed by atoms with Crippen molar-refractivity contribution < 1.29 is 19.1 Å². The molecule has 0 aliphatic carbocycles. The van der Waals surface area contributed by atoms with Gasteiger partial charge in [0.2, 0.25) is 0 Å². The van der Waals surface area contributed by atoms with Gasteiger partial charge in [0, 0.05) is 15.1 Å². The first-order valence-corrected chi connectivity index (χ1v) is 11.2. The summed E-state index contributed by atoms with van der Waals surface area (Å²) in [4.78, 5) is 25.1. The highest BCUT2D eigenvalue weighted by molar-refractivity contribution is 7.20. The Morgan fingerprint density at radius 2 is 1.94 bits per heavy atom. The van der Waals surface area contributed by atoms with Crippen LogP contribution in [0.4, 0.5) is 0 Å². The van der Waals surface area contributed by atoms with E-state index in [4.69, 9.17) is 21.1 Å². The third kappa shape index (κ3) is 4.99. The molecular weight excluding hydrogens is 464 g/mol. The number of hydrogen-bond donors (Lipinski definition) is 1. The van der Waals surface area contributed by atoms with E-state index in [-0.39, 0.29) is 18.4 Å². The number of rotatable bonds is 7. The molecule has 0 spiro atoms. The van der Waals surface area contributed by atoms with E-state index in [1.54, 1.807) is 55.1 Å². The van der Waals surface area contributed by atoms with E-state index in [0.29, 0.717) is 21.3 Å². The fourth-order valence-corrected chi connectivity index (χ4v) is 4.30. The van der Waals surface area contributed by atoms with E-state index in [1.165, 1.54) is 18.4 Å². The van der Waals surface area contributed by atoms with Crippen LogP contribution in [0.2, 0.25) is 5.02 Å². The first kappa shape index (κ1) is 22.8. The van der Waals surface area contributed by atoms with Crippen molar-refractivity contribution in [3.05, 3.63) is 70.3 Å². The van der Waals surface area contributed by atoms with Crippen molar-refractivity contribution >= 4 is 44.9 Å². The van der Waals surface area contributed by atoms with Crippen molar-refractivity contribution in [3.63, 3.8) is 0 Å². The van der Waals surface area contributed by atoms with Gasteiger partial charge < -0.3 is 14.8 Å². The molecule has 2 aromatic heterocycles. The van der Waals surface area contributed by atoms with Crippen LogP contribution in [-0.2, 0) is 16.1 Å². The molecule has 0 radical (unpaired) electrons. The minimum absolute atomic E-state index is 0.180. The number of carbonyl (C=O) groups is 2. The minimum Gasteiger partial charge on any atom is -0.478 e. The predicted octanol–water partition coefficient (Wildman–Crippen LogP) is 4.40. The maximum absolute atomic E-state index is 12.7. The molecule has 2 heterocycles. The van der Waals surface area contributed by atoms with Gasteiger partial charge in [-0.3, -0.25) is 4.79 Å². The molecule has 0 unspecified atom stereocenters. The maximum Gasteiger partial charge on any atom is 0.348 e. The van der Waals surface area contributed by atoms with Gasteiger partial charge in [0.05, 0.1) is 25.5 Å². The predicted molar refractivity (Wildman–Crippen MR) is 126 cm³/mol. The zero-order valence-electron chi connectivity index (χ0n) is 18.2. The summed E-state index contributed by atoms with van der Waals surface area (Å²) in [6, 6.07) is 14.3. The molecule has 2 aromatic carbocycles. The Labute approximate surface area is 199 Å². The number of benzene rings is 2. The van der Waals surface area contributed by atoms with Crippen LogP contribution in [-0.4, -0.2) is 39.6 Å². The van der Waals surface area contributed by atoms with Gasteiger partial charge >= 0.3 is 5.97 Å². The standard InChI is InChI=1S/C23H21ClN4O4S/c1-23(2,32-16-9-7-14(24)8-10-16)22(30)25-12-15-13-28(27-26-15)18-5-4-6-19-17(18)11-20(33-19)21(29)31-3/h4-11,13H,12H2,1-3H3,(H,25,30). The molecule has 0 atom stereocenters. The summed E-state index contributed by atoms with van der Waals surface area (Å²) in [5.41, 5.74) is 0.248. The second-order valence-electron chi connectivity index (χ2n) is 7.69. The number of fused-ring (bicyclic) bond motifs is 1. The second-order valence-corrected chi connectivity index (χ2v) is 9.21. The van der Waals surface area contributed by atoms with E-state index in [1.807, 2.05) is 18.2 Å². The molecule has 1 amide bonds. The molecule has 0 aliphatic rings. The Bertz CT molecular complexity index is 1310. The summed E-state index contributed by atoms with van der Waals surface area (Å²) in [5, 5.41) is 12.6. The molecule has 0 aliphatic heterocycles. The lowest BCUT2D eigenvalue weighted by atomic mass is 10.1. The first-order chi connectivity index (χ1) is 15.8. The van der Waals surface area contributed by atoms with Crippen LogP contribution in [0.5, 0.6) is 5.75 Å². The van der Waals surface area contributed by atoms with Gasteiger partial charge in [0.25, 0.3) is 5.91 Å². The average molecular weight is 485 g/mol. The molecule has 4 aromatic rings. The van der Waals surface area contributed by atoms with Gasteiger partial charge in [0.1, 0.15) is 16.3 Å². The Morgan fingerprint density at radius 3 is 2.67 bits per heavy atom. The zero-order valence-corrected chi connectivity index (χ0v) is 19.7. The maximum atomic E-state index is 12.7. The van der Waals surface area contributed by atoms with E-state index in [0.717, 1.165) is 15.8 Å². The number of methoxy groups -OCH3 is 1. The molecule has 0 fully saturated rings. The third-order valence-corrected chi connectivity index (χ3v) is 6.21. The number of carbonyl (C=O) groups excluding carboxylic acids is 2. The second kappa shape index (κ2) is 9.21. The van der Waals surface area contributed by atoms with Crippen molar-refractivity contribution in [2.24, 2.45) is 0 Å². The number of aromatic nitrogens is 3. The van der Waals surface area contributed by atoms with E-state index >= 15 is 0 Å². The van der Waals surface area contributed by atoms with Crippen LogP contribution in [0.25, 0.3) is 15.8 Å². The fraction of sp³-hybridized carbons (Fsp3) is 0.217. The lowest BCUT2D eigenvalue weighted by Crippen LogP contribution is -2.46. The molecule has 4 rings (SSSR count). The molecule has 1 N–H and O–H groups in total. The normalized spacial score (nSPS) is 11.4. The monoisotopic (exact) mass is 484 g/mol. The molecule has 10 heteroatoms. The zero-order chi connectivity index (χ0) is 23.6. The topological polar surface area (TPSA) is 95.3 Å². The van der Waals surface area contributed by atoms with Crippen LogP contribution in [0, 0.1) is 0 Å². The Balaban J connectivity index is 1.46. The number of thiophene rings is 1. The van der Waals surface area contributed by atoms with Crippen molar-refractivity contribution in [1.29, 1.82) is 0 Å². The smallest absolute Gasteiger partial charge is 0.348 e. The van der Waals surface area contributed by atoms with Crippen LogP contribution in [0.3, 0.4) is 0 Å². The van der Waals surface area contributed by atoms with Gasteiger partial charge in [0.15, 0.2) is 5.60 Å². The number of esters is 1. The molecule has 170 valence electrons. The molecule has 0 saturated heterocycles. The molecular formula is C23H21ClN4O4S. The average Bonchev–Trinajstić information content (AvgIpc) is 3.45. The number of amides is 1. The number of halogens is 1. The van der Waals surface area contributed by atoms with Gasteiger partial charge in [-0.1, -0.05) is 22.9 Å². The summed E-state index contributed by atoms with van der Waals surface area (Å²) in [7, 11) is 1.35. The third-order valence-electron chi connectivity index (χ3n) is 4.88. The van der Waals surface area contributed by atoms with Crippen molar-refractivity contribution in [2.75, 3.05) is 7.11 Å². The van der Waals surface area contributed by atoms with Gasteiger partial charge in [-0.05, 0) is 56.3 Å². The Hall–Kier alpha value is -3.43. The van der Waals surface area contributed by atoms with Crippen LogP contribution < -0.4 is 10.1 Å². The fourth-order valence-electron chi connectivity index (χ4n) is 3.17. The molecule has 0 bridgehead atoms. The van der Waals surface area contributed by atoms with Crippen molar-refractivity contribution in [1.82, 2.24) is 20.3 Å². The Morgan fingerprint density at radius 1 is 1.18 bits per heavy atom. The SMILES string of the molecule is COC(=O)c1cc2c(-n3cc(CNC(=O)C(C)(C)Oc4ccc(Cl)cc4)nn3)cccc2s1. The quantitative estimate of drug-likeness (QED) is 0.391. The van der Waals surface area contributed by atoms with Crippen molar-refractivity contribution in [3.8, 4) is 11.4 Å². The van der Waals surface area contributed by atoms with Crippen molar-refractivity contribution in [2.45, 2.75) is 26.0 Å². The first-order valence-electron chi connectivity index (χ1n) is 10.0. The van der Waals surface area contributed by atoms with Gasteiger partial charge in [-0.25, -0.2) is 9.48 Å². The van der Waals surface area contributed by atoms with E-state index in [2.05, 4.69) is 15.6 Å². The summed E-state index contributed by atoms with van der Waals surface area (Å²) < 4.78 is 13.2. The summed E-state index contributed by atoms with van der Waals surface area (Å²) in [6.45, 7) is 3.55. The summed E-state index contributed by atoms with van der Waals surface area (Å²) in [5.74, 6) is -0.136. The summed E-state index contributed by atoms with van der Waals surface area (Å²) >= 11 is 7.24. The van der Waals surface area contributed by atoms with Crippen LogP contribution in [0.1, 0.15) is 29.2 Å². The van der Waals surface area contributed by atoms with Gasteiger partial charge in [-0.2, -0.15) is 0 Å². The van der Waals surface area contributed by atoms with Crippen LogP contribution >= 0.6 is 22.9 Å². The number of nitrogens with zero attached hydrogens (tertiary/aromatic N) is 3. The molecule has 0 saturated carbocycles. The minimum atomic E-state index is -1.10. The van der Waals surface area contributed by atoms with E-state index < -0.39 is 5.60 Å². The highest BCUT2D eigenvalue weighted by Gasteiger charge is 2.30. The largest absolute Gasteiger partial charge is 0.478 e. The van der Waals surface area contributed by atoms with Crippen LogP contribution in [0.15, 0.2) is 54.7 Å². The van der Waals surface area contributed by atoms with E-state index in [9.17, 15) is 9.59 Å².